The van der Waals surface area contributed by atoms with Crippen LogP contribution in [0.15, 0.2) is 91.4 Å². The van der Waals surface area contributed by atoms with Gasteiger partial charge in [-0.05, 0) is 102 Å². The molecule has 1 aliphatic rings. The average molecular weight is 929 g/mol. The van der Waals surface area contributed by atoms with Crippen LogP contribution in [0.5, 0.6) is 0 Å². The second-order valence-electron chi connectivity index (χ2n) is 12.7. The summed E-state index contributed by atoms with van der Waals surface area (Å²) in [5.41, 5.74) is 5.61. The fourth-order valence-electron chi connectivity index (χ4n) is 6.00. The molecule has 0 unspecified atom stereocenters. The van der Waals surface area contributed by atoms with E-state index in [9.17, 15) is 0 Å². The number of anilines is 1. The molecule has 298 valence electrons. The van der Waals surface area contributed by atoms with E-state index in [1.165, 1.54) is 5.56 Å². The molecule has 0 spiro atoms. The van der Waals surface area contributed by atoms with Gasteiger partial charge < -0.3 is 9.64 Å². The molecule has 0 saturated carbocycles. The summed E-state index contributed by atoms with van der Waals surface area (Å²) in [6.07, 6.45) is 5.00. The van der Waals surface area contributed by atoms with E-state index >= 15 is 0 Å². The van der Waals surface area contributed by atoms with Crippen molar-refractivity contribution in [3.63, 3.8) is 0 Å². The number of fused-ring (bicyclic) bond motifs is 3. The van der Waals surface area contributed by atoms with E-state index in [-0.39, 0.29) is 21.0 Å². The number of benzene rings is 3. The standard InChI is InChI=1S/C15H13Cl2N5O.C12H8Cl2N4.C11H5Cl3N4/c16-10-1-3-11(4-2-10)22-14-12(9-18-22)13(19-15(17)20-14)21-5-7-23-8-6-21;1-7-2-4-8(5-3-7)18-11-9(6-15-18)10(13)16-12(14)17-11;12-6-1-3-7(4-2-6)18-10-8(5-15-18)9(13)16-11(14)17-10/h1-4,9H,5-8H2;2-6H,1H3;1-5H. The molecule has 7 heterocycles. The lowest BCUT2D eigenvalue weighted by Gasteiger charge is -2.28. The SMILES string of the molecule is Cc1ccc(-n2ncc3c(Cl)nc(Cl)nc32)cc1.Clc1ccc(-n2ncc3c(Cl)nc(Cl)nc32)cc1.Clc1ccc(-n2ncc3c(N4CCOCC4)nc(Cl)nc32)cc1. The minimum absolute atomic E-state index is 0.0863. The number of nitrogens with zero attached hydrogens (tertiary/aromatic N) is 13. The Kier molecular flexibility index (Phi) is 12.3. The van der Waals surface area contributed by atoms with Gasteiger partial charge in [0.1, 0.15) is 16.1 Å². The number of hydrogen-bond donors (Lipinski definition) is 0. The lowest BCUT2D eigenvalue weighted by molar-refractivity contribution is 0.122. The van der Waals surface area contributed by atoms with E-state index in [0.717, 1.165) is 41.4 Å². The molecule has 1 aliphatic heterocycles. The Morgan fingerprint density at radius 3 is 1.27 bits per heavy atom. The number of ether oxygens (including phenoxy) is 1. The van der Waals surface area contributed by atoms with Crippen LogP contribution < -0.4 is 4.90 Å². The maximum atomic E-state index is 6.14. The highest BCUT2D eigenvalue weighted by Gasteiger charge is 2.20. The van der Waals surface area contributed by atoms with Gasteiger partial charge in [-0.3, -0.25) is 0 Å². The molecule has 59 heavy (non-hydrogen) atoms. The van der Waals surface area contributed by atoms with Gasteiger partial charge in [0, 0.05) is 23.1 Å². The Morgan fingerprint density at radius 1 is 0.458 bits per heavy atom. The topological polar surface area (TPSA) is 143 Å². The Balaban J connectivity index is 0.000000125. The minimum atomic E-state index is 0.0863. The fraction of sp³-hybridized carbons (Fsp3) is 0.132. The van der Waals surface area contributed by atoms with Crippen LogP contribution in [-0.4, -0.2) is 85.5 Å². The number of aromatic nitrogens is 12. The Morgan fingerprint density at radius 2 is 0.831 bits per heavy atom. The maximum Gasteiger partial charge on any atom is 0.226 e. The van der Waals surface area contributed by atoms with Gasteiger partial charge >= 0.3 is 0 Å². The molecule has 1 fully saturated rings. The zero-order valence-electron chi connectivity index (χ0n) is 30.4. The third-order valence-corrected chi connectivity index (χ3v) is 10.4. The molecule has 1 saturated heterocycles. The Labute approximate surface area is 370 Å². The molecule has 0 radical (unpaired) electrons. The summed E-state index contributed by atoms with van der Waals surface area (Å²) in [7, 11) is 0. The fourth-order valence-corrected chi connectivity index (χ4v) is 7.25. The summed E-state index contributed by atoms with van der Waals surface area (Å²) >= 11 is 41.5. The van der Waals surface area contributed by atoms with Gasteiger partial charge in [0.15, 0.2) is 16.9 Å². The van der Waals surface area contributed by atoms with Crippen molar-refractivity contribution >= 4 is 120 Å². The van der Waals surface area contributed by atoms with Crippen LogP contribution in [0.2, 0.25) is 36.2 Å². The molecule has 6 aromatic heterocycles. The monoisotopic (exact) mass is 925 g/mol. The van der Waals surface area contributed by atoms with Gasteiger partial charge in [-0.2, -0.15) is 35.2 Å². The number of rotatable bonds is 4. The molecule has 0 bridgehead atoms. The quantitative estimate of drug-likeness (QED) is 0.123. The first kappa shape index (κ1) is 40.9. The van der Waals surface area contributed by atoms with Gasteiger partial charge in [-0.1, -0.05) is 64.1 Å². The van der Waals surface area contributed by atoms with Crippen LogP contribution in [0.25, 0.3) is 50.2 Å². The number of aryl methyl sites for hydroxylation is 1. The van der Waals surface area contributed by atoms with E-state index in [1.54, 1.807) is 44.8 Å². The van der Waals surface area contributed by atoms with Crippen molar-refractivity contribution in [3.8, 4) is 17.1 Å². The molecule has 9 aromatic rings. The first-order chi connectivity index (χ1) is 28.5. The first-order valence-corrected chi connectivity index (χ1v) is 20.1. The summed E-state index contributed by atoms with van der Waals surface area (Å²) in [6, 6.07) is 22.6. The van der Waals surface area contributed by atoms with Crippen LogP contribution >= 0.6 is 81.2 Å². The second-order valence-corrected chi connectivity index (χ2v) is 15.3. The summed E-state index contributed by atoms with van der Waals surface area (Å²) in [4.78, 5) is 27.0. The predicted octanol–water partition coefficient (Wildman–Crippen LogP) is 10.2. The van der Waals surface area contributed by atoms with Gasteiger partial charge in [-0.25, -0.2) is 24.0 Å². The van der Waals surface area contributed by atoms with E-state index in [0.29, 0.717) is 56.1 Å². The lowest BCUT2D eigenvalue weighted by Crippen LogP contribution is -2.36. The van der Waals surface area contributed by atoms with Crippen molar-refractivity contribution in [1.82, 2.24) is 59.2 Å². The van der Waals surface area contributed by atoms with Crippen molar-refractivity contribution in [2.24, 2.45) is 0 Å². The first-order valence-electron chi connectivity index (χ1n) is 17.5. The highest BCUT2D eigenvalue weighted by molar-refractivity contribution is 6.36. The van der Waals surface area contributed by atoms with Gasteiger partial charge in [-0.15, -0.1) is 0 Å². The molecular formula is C38H26Cl7N13O. The molecule has 0 N–H and O–H groups in total. The minimum Gasteiger partial charge on any atom is -0.378 e. The molecule has 0 amide bonds. The third-order valence-electron chi connectivity index (χ3n) is 8.82. The molecule has 21 heteroatoms. The van der Waals surface area contributed by atoms with Crippen molar-refractivity contribution in [2.75, 3.05) is 31.2 Å². The van der Waals surface area contributed by atoms with Crippen molar-refractivity contribution < 1.29 is 4.74 Å². The van der Waals surface area contributed by atoms with E-state index in [1.807, 2.05) is 67.6 Å². The number of halogens is 7. The zero-order valence-corrected chi connectivity index (χ0v) is 35.6. The Bertz CT molecular complexity index is 2790. The van der Waals surface area contributed by atoms with Gasteiger partial charge in [0.05, 0.1) is 65.0 Å². The third kappa shape index (κ3) is 9.00. The van der Waals surface area contributed by atoms with Crippen LogP contribution in [0.4, 0.5) is 5.82 Å². The van der Waals surface area contributed by atoms with Crippen molar-refractivity contribution in [1.29, 1.82) is 0 Å². The van der Waals surface area contributed by atoms with Crippen molar-refractivity contribution in [3.05, 3.63) is 133 Å². The predicted molar refractivity (Wildman–Crippen MR) is 233 cm³/mol. The lowest BCUT2D eigenvalue weighted by atomic mass is 10.2. The van der Waals surface area contributed by atoms with E-state index < -0.39 is 0 Å². The van der Waals surface area contributed by atoms with Crippen molar-refractivity contribution in [2.45, 2.75) is 6.92 Å². The van der Waals surface area contributed by atoms with Crippen LogP contribution in [0, 0.1) is 6.92 Å². The molecule has 10 rings (SSSR count). The molecule has 0 aliphatic carbocycles. The summed E-state index contributed by atoms with van der Waals surface area (Å²) in [5, 5.41) is 17.5. The number of hydrogen-bond acceptors (Lipinski definition) is 11. The summed E-state index contributed by atoms with van der Waals surface area (Å²) in [6.45, 7) is 4.92. The highest BCUT2D eigenvalue weighted by Crippen LogP contribution is 2.29. The maximum absolute atomic E-state index is 6.14. The normalized spacial score (nSPS) is 12.7. The number of morpholine rings is 1. The summed E-state index contributed by atoms with van der Waals surface area (Å²) in [5.74, 6) is 0.795. The molecule has 0 atom stereocenters. The smallest absolute Gasteiger partial charge is 0.226 e. The molecular weight excluding hydrogens is 903 g/mol. The van der Waals surface area contributed by atoms with Crippen LogP contribution in [0.1, 0.15) is 5.56 Å². The van der Waals surface area contributed by atoms with Crippen LogP contribution in [0.3, 0.4) is 0 Å². The average Bonchev–Trinajstić information content (AvgIpc) is 3.97. The zero-order chi connectivity index (χ0) is 41.2. The van der Waals surface area contributed by atoms with Gasteiger partial charge in [0.2, 0.25) is 15.9 Å². The Hall–Kier alpha value is -4.90. The van der Waals surface area contributed by atoms with Crippen LogP contribution in [-0.2, 0) is 4.74 Å². The second kappa shape index (κ2) is 17.8. The summed E-state index contributed by atoms with van der Waals surface area (Å²) < 4.78 is 10.5. The molecule has 14 nitrogen and oxygen atoms in total. The molecule has 3 aromatic carbocycles. The van der Waals surface area contributed by atoms with Gasteiger partial charge in [0.25, 0.3) is 0 Å². The highest BCUT2D eigenvalue weighted by atomic mass is 35.5. The largest absolute Gasteiger partial charge is 0.378 e. The van der Waals surface area contributed by atoms with E-state index in [2.05, 4.69) is 50.1 Å². The van der Waals surface area contributed by atoms with E-state index in [4.69, 9.17) is 85.9 Å².